The molecule has 4 aromatic carbocycles. The lowest BCUT2D eigenvalue weighted by Crippen LogP contribution is -2.12. The van der Waals surface area contributed by atoms with Gasteiger partial charge in [0.15, 0.2) is 0 Å². The van der Waals surface area contributed by atoms with Crippen molar-refractivity contribution in [3.05, 3.63) is 101 Å². The fourth-order valence-electron chi connectivity index (χ4n) is 4.01. The van der Waals surface area contributed by atoms with E-state index in [1.54, 1.807) is 7.11 Å². The van der Waals surface area contributed by atoms with Gasteiger partial charge in [-0.05, 0) is 56.9 Å². The van der Waals surface area contributed by atoms with Crippen molar-refractivity contribution in [3.8, 4) is 34.2 Å². The number of benzene rings is 4. The van der Waals surface area contributed by atoms with Crippen molar-refractivity contribution in [2.45, 2.75) is 0 Å². The van der Waals surface area contributed by atoms with Gasteiger partial charge in [-0.25, -0.2) is 0 Å². The molecular weight excluding hydrogens is 384 g/mol. The predicted molar refractivity (Wildman–Crippen MR) is 124 cm³/mol. The van der Waals surface area contributed by atoms with Gasteiger partial charge in [-0.1, -0.05) is 60.7 Å². The van der Waals surface area contributed by atoms with Crippen LogP contribution in [0.5, 0.6) is 5.75 Å². The fourth-order valence-corrected chi connectivity index (χ4v) is 4.01. The Balaban J connectivity index is 1.68. The van der Waals surface area contributed by atoms with Gasteiger partial charge in [-0.15, -0.1) is 0 Å². The molecule has 0 saturated heterocycles. The Morgan fingerprint density at radius 3 is 2.29 bits per heavy atom. The second-order valence-electron chi connectivity index (χ2n) is 7.36. The number of hydrogen-bond donors (Lipinski definition) is 1. The molecule has 0 saturated carbocycles. The third-order valence-electron chi connectivity index (χ3n) is 5.60. The van der Waals surface area contributed by atoms with Crippen LogP contribution >= 0.6 is 0 Å². The van der Waals surface area contributed by atoms with Crippen LogP contribution < -0.4 is 10.3 Å². The van der Waals surface area contributed by atoms with Crippen molar-refractivity contribution < 1.29 is 4.74 Å². The molecule has 4 nitrogen and oxygen atoms in total. The summed E-state index contributed by atoms with van der Waals surface area (Å²) in [6.07, 6.45) is 0. The van der Waals surface area contributed by atoms with Crippen molar-refractivity contribution in [1.29, 1.82) is 5.26 Å². The first-order valence-electron chi connectivity index (χ1n) is 9.91. The van der Waals surface area contributed by atoms with E-state index in [1.165, 1.54) is 10.8 Å². The Bertz CT molecular complexity index is 1540. The molecule has 148 valence electrons. The first kappa shape index (κ1) is 18.7. The topological polar surface area (TPSA) is 65.9 Å². The van der Waals surface area contributed by atoms with Gasteiger partial charge in [-0.3, -0.25) is 4.79 Å². The number of H-pyrrole nitrogens is 1. The van der Waals surface area contributed by atoms with Gasteiger partial charge in [0.25, 0.3) is 5.56 Å². The number of methoxy groups -OCH3 is 1. The first-order chi connectivity index (χ1) is 15.2. The van der Waals surface area contributed by atoms with Crippen molar-refractivity contribution >= 4 is 21.5 Å². The van der Waals surface area contributed by atoms with Crippen LogP contribution in [0.15, 0.2) is 89.7 Å². The van der Waals surface area contributed by atoms with Crippen LogP contribution in [-0.4, -0.2) is 12.1 Å². The van der Waals surface area contributed by atoms with Crippen molar-refractivity contribution in [2.24, 2.45) is 0 Å². The van der Waals surface area contributed by atoms with E-state index in [9.17, 15) is 10.1 Å². The Hall–Kier alpha value is -4.36. The van der Waals surface area contributed by atoms with Crippen molar-refractivity contribution in [2.75, 3.05) is 7.11 Å². The number of ether oxygens (including phenoxy) is 1. The zero-order valence-corrected chi connectivity index (χ0v) is 16.8. The average molecular weight is 402 g/mol. The normalized spacial score (nSPS) is 10.8. The highest BCUT2D eigenvalue weighted by Gasteiger charge is 2.13. The van der Waals surface area contributed by atoms with Crippen LogP contribution in [0, 0.1) is 11.3 Å². The zero-order valence-electron chi connectivity index (χ0n) is 16.8. The lowest BCUT2D eigenvalue weighted by molar-refractivity contribution is 0.415. The molecule has 31 heavy (non-hydrogen) atoms. The molecule has 5 aromatic rings. The molecule has 0 aliphatic rings. The summed E-state index contributed by atoms with van der Waals surface area (Å²) in [5.74, 6) is 0.717. The second kappa shape index (κ2) is 7.47. The number of nitrogens with one attached hydrogen (secondary N) is 1. The summed E-state index contributed by atoms with van der Waals surface area (Å²) in [5, 5.41) is 14.2. The molecule has 1 aromatic heterocycles. The summed E-state index contributed by atoms with van der Waals surface area (Å²) in [6, 6.07) is 29.9. The van der Waals surface area contributed by atoms with E-state index in [4.69, 9.17) is 4.74 Å². The van der Waals surface area contributed by atoms with E-state index in [-0.39, 0.29) is 5.56 Å². The number of nitriles is 1. The molecule has 0 aliphatic carbocycles. The Morgan fingerprint density at radius 2 is 1.52 bits per heavy atom. The highest BCUT2D eigenvalue weighted by Crippen LogP contribution is 2.31. The molecule has 0 aliphatic heterocycles. The van der Waals surface area contributed by atoms with E-state index < -0.39 is 5.56 Å². The maximum Gasteiger partial charge on any atom is 0.266 e. The molecule has 0 atom stereocenters. The van der Waals surface area contributed by atoms with Crippen LogP contribution in [0.4, 0.5) is 0 Å². The van der Waals surface area contributed by atoms with Crippen molar-refractivity contribution in [1.82, 2.24) is 4.98 Å². The third-order valence-corrected chi connectivity index (χ3v) is 5.60. The minimum Gasteiger partial charge on any atom is -0.497 e. The standard InChI is InChI=1S/C27H18N2O2/c1-31-21-11-8-18(9-12-21)24-15-26(29-27(30)25(24)16-28)20-10-13-23-19(14-20)7-6-17-4-2-3-5-22(17)23/h2-15H,1H3,(H,29,30). The molecule has 0 spiro atoms. The number of hydrogen-bond acceptors (Lipinski definition) is 3. The lowest BCUT2D eigenvalue weighted by Gasteiger charge is -2.10. The molecule has 5 rings (SSSR count). The van der Waals surface area contributed by atoms with Gasteiger partial charge in [-0.2, -0.15) is 5.26 Å². The summed E-state index contributed by atoms with van der Waals surface area (Å²) in [6.45, 7) is 0. The molecule has 0 amide bonds. The third kappa shape index (κ3) is 3.23. The molecular formula is C27H18N2O2. The maximum absolute atomic E-state index is 12.7. The monoisotopic (exact) mass is 402 g/mol. The minimum absolute atomic E-state index is 0.0979. The average Bonchev–Trinajstić information content (AvgIpc) is 2.83. The highest BCUT2D eigenvalue weighted by molar-refractivity contribution is 6.08. The van der Waals surface area contributed by atoms with E-state index in [1.807, 2.05) is 54.6 Å². The van der Waals surface area contributed by atoms with Gasteiger partial charge in [0, 0.05) is 11.3 Å². The SMILES string of the molecule is COc1ccc(-c2cc(-c3ccc4c(ccc5ccccc54)c3)[nH]c(=O)c2C#N)cc1. The second-order valence-corrected chi connectivity index (χ2v) is 7.36. The van der Waals surface area contributed by atoms with Crippen LogP contribution in [0.1, 0.15) is 5.56 Å². The Morgan fingerprint density at radius 1 is 0.806 bits per heavy atom. The van der Waals surface area contributed by atoms with Gasteiger partial charge < -0.3 is 9.72 Å². The number of aromatic amines is 1. The van der Waals surface area contributed by atoms with Gasteiger partial charge >= 0.3 is 0 Å². The molecule has 0 fully saturated rings. The van der Waals surface area contributed by atoms with E-state index in [0.717, 1.165) is 21.9 Å². The molecule has 0 radical (unpaired) electrons. The van der Waals surface area contributed by atoms with Crippen molar-refractivity contribution in [3.63, 3.8) is 0 Å². The Labute approximate surface area is 179 Å². The first-order valence-corrected chi connectivity index (χ1v) is 9.91. The quantitative estimate of drug-likeness (QED) is 0.382. The van der Waals surface area contributed by atoms with Crippen LogP contribution in [0.25, 0.3) is 43.9 Å². The molecule has 4 heteroatoms. The van der Waals surface area contributed by atoms with E-state index >= 15 is 0 Å². The highest BCUT2D eigenvalue weighted by atomic mass is 16.5. The van der Waals surface area contributed by atoms with E-state index in [0.29, 0.717) is 17.0 Å². The summed E-state index contributed by atoms with van der Waals surface area (Å²) in [4.78, 5) is 15.6. The summed E-state index contributed by atoms with van der Waals surface area (Å²) in [5.41, 5.74) is 2.65. The predicted octanol–water partition coefficient (Wildman–Crippen LogP) is 5.90. The number of aromatic nitrogens is 1. The minimum atomic E-state index is -0.399. The molecule has 0 unspecified atom stereocenters. The molecule has 1 heterocycles. The van der Waals surface area contributed by atoms with Crippen LogP contribution in [0.3, 0.4) is 0 Å². The maximum atomic E-state index is 12.7. The summed E-state index contributed by atoms with van der Waals surface area (Å²) >= 11 is 0. The van der Waals surface area contributed by atoms with Crippen LogP contribution in [-0.2, 0) is 0 Å². The molecule has 1 N–H and O–H groups in total. The number of fused-ring (bicyclic) bond motifs is 3. The molecule has 0 bridgehead atoms. The van der Waals surface area contributed by atoms with Gasteiger partial charge in [0.05, 0.1) is 7.11 Å². The number of nitrogens with zero attached hydrogens (tertiary/aromatic N) is 1. The summed E-state index contributed by atoms with van der Waals surface area (Å²) in [7, 11) is 1.60. The largest absolute Gasteiger partial charge is 0.497 e. The Kier molecular flexibility index (Phi) is 4.50. The summed E-state index contributed by atoms with van der Waals surface area (Å²) < 4.78 is 5.22. The zero-order chi connectivity index (χ0) is 21.4. The van der Waals surface area contributed by atoms with E-state index in [2.05, 4.69) is 41.4 Å². The lowest BCUT2D eigenvalue weighted by atomic mass is 9.96. The number of pyridine rings is 1. The number of rotatable bonds is 3. The fraction of sp³-hybridized carbons (Fsp3) is 0.0370. The smallest absolute Gasteiger partial charge is 0.266 e. The van der Waals surface area contributed by atoms with Gasteiger partial charge in [0.2, 0.25) is 0 Å². The van der Waals surface area contributed by atoms with Crippen LogP contribution in [0.2, 0.25) is 0 Å². The van der Waals surface area contributed by atoms with Gasteiger partial charge in [0.1, 0.15) is 17.4 Å².